The summed E-state index contributed by atoms with van der Waals surface area (Å²) >= 11 is 0. The molecule has 0 bridgehead atoms. The van der Waals surface area contributed by atoms with Gasteiger partial charge in [-0.15, -0.1) is 0 Å². The maximum Gasteiger partial charge on any atom is 0.243 e. The first-order valence-corrected chi connectivity index (χ1v) is 13.0. The van der Waals surface area contributed by atoms with Crippen molar-refractivity contribution in [3.05, 3.63) is 48.0 Å². The first kappa shape index (κ1) is 22.2. The number of carbonyl (C=O) groups is 1. The molecule has 8 nitrogen and oxygen atoms in total. The average Bonchev–Trinajstić information content (AvgIpc) is 3.09. The number of aryl methyl sites for hydroxylation is 1. The van der Waals surface area contributed by atoms with Gasteiger partial charge in [-0.1, -0.05) is 18.2 Å². The molecule has 0 atom stereocenters. The number of benzene rings is 2. The topological polar surface area (TPSA) is 79.4 Å². The van der Waals surface area contributed by atoms with Gasteiger partial charge in [-0.05, 0) is 36.6 Å². The Balaban J connectivity index is 1.21. The molecule has 176 valence electrons. The second-order valence-corrected chi connectivity index (χ2v) is 10.6. The fourth-order valence-electron chi connectivity index (χ4n) is 4.65. The Morgan fingerprint density at radius 1 is 0.879 bits per heavy atom. The molecule has 0 N–H and O–H groups in total. The lowest BCUT2D eigenvalue weighted by Gasteiger charge is -2.36. The maximum absolute atomic E-state index is 13.2. The van der Waals surface area contributed by atoms with Crippen LogP contribution in [0, 0.1) is 0 Å². The highest BCUT2D eigenvalue weighted by atomic mass is 32.2. The van der Waals surface area contributed by atoms with Crippen LogP contribution in [0.15, 0.2) is 47.4 Å². The molecule has 3 heterocycles. The number of para-hydroxylation sites is 1. The van der Waals surface area contributed by atoms with Crippen molar-refractivity contribution in [3.63, 3.8) is 0 Å². The summed E-state index contributed by atoms with van der Waals surface area (Å²) in [5.41, 5.74) is 2.22. The highest BCUT2D eigenvalue weighted by molar-refractivity contribution is 7.89. The third-order valence-corrected chi connectivity index (χ3v) is 8.35. The van der Waals surface area contributed by atoms with E-state index in [9.17, 15) is 13.2 Å². The Morgan fingerprint density at radius 2 is 1.64 bits per heavy atom. The van der Waals surface area contributed by atoms with Gasteiger partial charge < -0.3 is 14.4 Å². The number of ether oxygens (including phenoxy) is 2. The van der Waals surface area contributed by atoms with E-state index in [-0.39, 0.29) is 10.8 Å². The average molecular weight is 472 g/mol. The summed E-state index contributed by atoms with van der Waals surface area (Å²) < 4.78 is 39.2. The van der Waals surface area contributed by atoms with Gasteiger partial charge in [0.2, 0.25) is 15.9 Å². The van der Waals surface area contributed by atoms with E-state index >= 15 is 0 Å². The van der Waals surface area contributed by atoms with Crippen LogP contribution in [-0.2, 0) is 21.2 Å². The molecule has 2 aromatic rings. The standard InChI is InChI=1S/C24H29N3O5S/c28-24(27-10-3-6-19-5-1-2-7-21(19)27)18-25-11-13-26(14-12-25)33(29,30)20-8-9-22-23(17-20)32-16-4-15-31-22/h1-2,5,7-9,17H,3-4,6,10-16,18H2. The van der Waals surface area contributed by atoms with Crippen molar-refractivity contribution in [2.45, 2.75) is 24.2 Å². The summed E-state index contributed by atoms with van der Waals surface area (Å²) in [5, 5.41) is 0. The number of hydrogen-bond acceptors (Lipinski definition) is 6. The van der Waals surface area contributed by atoms with Crippen LogP contribution in [0.4, 0.5) is 5.69 Å². The van der Waals surface area contributed by atoms with Gasteiger partial charge in [0.15, 0.2) is 11.5 Å². The zero-order valence-electron chi connectivity index (χ0n) is 18.6. The smallest absolute Gasteiger partial charge is 0.243 e. The van der Waals surface area contributed by atoms with Crippen molar-refractivity contribution in [2.75, 3.05) is 57.4 Å². The van der Waals surface area contributed by atoms with Gasteiger partial charge in [-0.25, -0.2) is 8.42 Å². The zero-order chi connectivity index (χ0) is 22.8. The number of amides is 1. The largest absolute Gasteiger partial charge is 0.490 e. The van der Waals surface area contributed by atoms with Crippen LogP contribution in [0.1, 0.15) is 18.4 Å². The lowest BCUT2D eigenvalue weighted by molar-refractivity contribution is -0.120. The van der Waals surface area contributed by atoms with E-state index in [4.69, 9.17) is 9.47 Å². The predicted octanol–water partition coefficient (Wildman–Crippen LogP) is 2.13. The van der Waals surface area contributed by atoms with Crippen molar-refractivity contribution in [2.24, 2.45) is 0 Å². The summed E-state index contributed by atoms with van der Waals surface area (Å²) in [5.74, 6) is 1.12. The summed E-state index contributed by atoms with van der Waals surface area (Å²) in [6.45, 7) is 3.82. The summed E-state index contributed by atoms with van der Waals surface area (Å²) in [4.78, 5) is 17.1. The van der Waals surface area contributed by atoms with Gasteiger partial charge in [0.25, 0.3) is 0 Å². The highest BCUT2D eigenvalue weighted by Gasteiger charge is 2.31. The Bertz CT molecular complexity index is 1130. The van der Waals surface area contributed by atoms with Gasteiger partial charge in [0.1, 0.15) is 0 Å². The molecule has 1 fully saturated rings. The van der Waals surface area contributed by atoms with Crippen LogP contribution in [0.25, 0.3) is 0 Å². The normalized spacial score (nSPS) is 19.6. The molecule has 0 saturated carbocycles. The number of nitrogens with zero attached hydrogens (tertiary/aromatic N) is 3. The molecule has 3 aliphatic rings. The molecule has 5 rings (SSSR count). The van der Waals surface area contributed by atoms with Gasteiger partial charge in [-0.3, -0.25) is 9.69 Å². The quantitative estimate of drug-likeness (QED) is 0.680. The third-order valence-electron chi connectivity index (χ3n) is 6.46. The zero-order valence-corrected chi connectivity index (χ0v) is 19.4. The maximum atomic E-state index is 13.2. The van der Waals surface area contributed by atoms with E-state index in [1.165, 1.54) is 9.87 Å². The van der Waals surface area contributed by atoms with E-state index in [0.29, 0.717) is 57.4 Å². The van der Waals surface area contributed by atoms with Gasteiger partial charge in [0.05, 0.1) is 24.7 Å². The van der Waals surface area contributed by atoms with Crippen molar-refractivity contribution in [3.8, 4) is 11.5 Å². The molecule has 0 radical (unpaired) electrons. The molecule has 3 aliphatic heterocycles. The molecule has 0 unspecified atom stereocenters. The van der Waals surface area contributed by atoms with Crippen LogP contribution in [0.5, 0.6) is 11.5 Å². The van der Waals surface area contributed by atoms with Gasteiger partial charge >= 0.3 is 0 Å². The first-order valence-electron chi connectivity index (χ1n) is 11.5. The highest BCUT2D eigenvalue weighted by Crippen LogP contribution is 2.33. The van der Waals surface area contributed by atoms with Crippen molar-refractivity contribution in [1.82, 2.24) is 9.21 Å². The molecule has 0 aliphatic carbocycles. The number of fused-ring (bicyclic) bond motifs is 2. The Labute approximate surface area is 194 Å². The lowest BCUT2D eigenvalue weighted by Crippen LogP contribution is -2.52. The molecule has 0 spiro atoms. The minimum absolute atomic E-state index is 0.0707. The van der Waals surface area contributed by atoms with Gasteiger partial charge in [-0.2, -0.15) is 4.31 Å². The molecule has 0 aromatic heterocycles. The number of hydrogen-bond donors (Lipinski definition) is 0. The molecular formula is C24H29N3O5S. The van der Waals surface area contributed by atoms with E-state index in [1.807, 2.05) is 28.0 Å². The number of rotatable bonds is 4. The van der Waals surface area contributed by atoms with Crippen molar-refractivity contribution >= 4 is 21.6 Å². The third kappa shape index (κ3) is 4.58. The number of anilines is 1. The Kier molecular flexibility index (Phi) is 6.27. The summed E-state index contributed by atoms with van der Waals surface area (Å²) in [6, 6.07) is 12.9. The Hall–Kier alpha value is -2.62. The van der Waals surface area contributed by atoms with Crippen LogP contribution in [0.2, 0.25) is 0 Å². The van der Waals surface area contributed by atoms with Crippen LogP contribution in [0.3, 0.4) is 0 Å². The van der Waals surface area contributed by atoms with Crippen molar-refractivity contribution in [1.29, 1.82) is 0 Å². The van der Waals surface area contributed by atoms with E-state index < -0.39 is 10.0 Å². The predicted molar refractivity (Wildman–Crippen MR) is 124 cm³/mol. The van der Waals surface area contributed by atoms with Gasteiger partial charge in [0, 0.05) is 50.9 Å². The minimum atomic E-state index is -3.64. The fourth-order valence-corrected chi connectivity index (χ4v) is 6.09. The second-order valence-electron chi connectivity index (χ2n) is 8.62. The molecular weight excluding hydrogens is 442 g/mol. The summed E-state index contributed by atoms with van der Waals surface area (Å²) in [6.07, 6.45) is 2.72. The van der Waals surface area contributed by atoms with E-state index in [2.05, 4.69) is 6.07 Å². The molecule has 1 saturated heterocycles. The van der Waals surface area contributed by atoms with Crippen LogP contribution in [-0.4, -0.2) is 76.0 Å². The van der Waals surface area contributed by atoms with Crippen molar-refractivity contribution < 1.29 is 22.7 Å². The number of piperazine rings is 1. The van der Waals surface area contributed by atoms with Crippen LogP contribution < -0.4 is 14.4 Å². The monoisotopic (exact) mass is 471 g/mol. The van der Waals surface area contributed by atoms with E-state index in [1.54, 1.807) is 18.2 Å². The minimum Gasteiger partial charge on any atom is -0.490 e. The number of carbonyl (C=O) groups excluding carboxylic acids is 1. The lowest BCUT2D eigenvalue weighted by atomic mass is 10.0. The SMILES string of the molecule is O=C(CN1CCN(S(=O)(=O)c2ccc3c(c2)OCCCO3)CC1)N1CCCc2ccccc21. The molecule has 2 aromatic carbocycles. The first-order chi connectivity index (χ1) is 16.0. The number of sulfonamides is 1. The molecule has 33 heavy (non-hydrogen) atoms. The van der Waals surface area contributed by atoms with E-state index in [0.717, 1.165) is 31.5 Å². The molecule has 1 amide bonds. The molecule has 9 heteroatoms. The fraction of sp³-hybridized carbons (Fsp3) is 0.458. The second kappa shape index (κ2) is 9.32. The summed E-state index contributed by atoms with van der Waals surface area (Å²) in [7, 11) is -3.64. The Morgan fingerprint density at radius 3 is 2.45 bits per heavy atom. The van der Waals surface area contributed by atoms with Crippen LogP contribution >= 0.6 is 0 Å².